The van der Waals surface area contributed by atoms with Gasteiger partial charge in [0.2, 0.25) is 0 Å². The Morgan fingerprint density at radius 1 is 0.312 bits per heavy atom. The molecule has 6 nitrogen and oxygen atoms in total. The highest BCUT2D eigenvalue weighted by molar-refractivity contribution is 5.71. The van der Waals surface area contributed by atoms with Crippen LogP contribution in [0.15, 0.2) is 48.6 Å². The number of carbonyl (C=O) groups is 3. The first-order chi connectivity index (χ1) is 31.5. The van der Waals surface area contributed by atoms with Crippen LogP contribution in [0.4, 0.5) is 0 Å². The van der Waals surface area contributed by atoms with Crippen molar-refractivity contribution in [2.45, 2.75) is 290 Å². The van der Waals surface area contributed by atoms with Crippen molar-refractivity contribution in [2.24, 2.45) is 0 Å². The van der Waals surface area contributed by atoms with Gasteiger partial charge in [0.25, 0.3) is 0 Å². The second-order valence-electron chi connectivity index (χ2n) is 18.5. The topological polar surface area (TPSA) is 78.9 Å². The summed E-state index contributed by atoms with van der Waals surface area (Å²) in [6, 6.07) is 0. The Morgan fingerprint density at radius 3 is 0.922 bits per heavy atom. The molecular weight excluding hydrogens is 793 g/mol. The van der Waals surface area contributed by atoms with E-state index in [-0.39, 0.29) is 31.1 Å². The molecule has 1 unspecified atom stereocenters. The maximum Gasteiger partial charge on any atom is 0.306 e. The van der Waals surface area contributed by atoms with E-state index >= 15 is 0 Å². The maximum atomic E-state index is 12.8. The number of esters is 3. The van der Waals surface area contributed by atoms with Gasteiger partial charge in [0.15, 0.2) is 6.10 Å². The number of allylic oxidation sites excluding steroid dienone is 8. The fraction of sp³-hybridized carbons (Fsp3) is 0.810. The van der Waals surface area contributed by atoms with E-state index in [1.54, 1.807) is 0 Å². The zero-order valence-corrected chi connectivity index (χ0v) is 42.6. The van der Waals surface area contributed by atoms with Crippen LogP contribution in [0.2, 0.25) is 0 Å². The molecule has 0 aromatic carbocycles. The van der Waals surface area contributed by atoms with Crippen molar-refractivity contribution in [2.75, 3.05) is 13.2 Å². The molecule has 0 aliphatic carbocycles. The summed E-state index contributed by atoms with van der Waals surface area (Å²) in [5, 5.41) is 0. The standard InChI is InChI=1S/C58H104O6/c1-4-7-10-13-16-19-22-25-28-29-30-31-34-36-39-42-45-48-51-57(60)63-54-55(64-58(61)52-49-46-43-40-37-33-27-24-21-18-15-12-9-6-3)53-62-56(59)50-47-44-41-38-35-32-26-23-20-17-14-11-8-5-2/h15,18-19,22,24,27-29,55H,4-14,16-17,20-21,23,25-26,30-54H2,1-3H3/b18-15-,22-19-,27-24-,29-28-. The minimum absolute atomic E-state index is 0.0788. The molecule has 0 heterocycles. The van der Waals surface area contributed by atoms with Crippen molar-refractivity contribution in [1.82, 2.24) is 0 Å². The summed E-state index contributed by atoms with van der Waals surface area (Å²) in [7, 11) is 0. The lowest BCUT2D eigenvalue weighted by atomic mass is 10.0. The fourth-order valence-corrected chi connectivity index (χ4v) is 7.84. The lowest BCUT2D eigenvalue weighted by Gasteiger charge is -2.18. The third-order valence-electron chi connectivity index (χ3n) is 12.1. The summed E-state index contributed by atoms with van der Waals surface area (Å²) >= 11 is 0. The number of hydrogen-bond donors (Lipinski definition) is 0. The summed E-state index contributed by atoms with van der Waals surface area (Å²) in [6.07, 6.45) is 63.7. The van der Waals surface area contributed by atoms with E-state index in [9.17, 15) is 14.4 Å². The fourth-order valence-electron chi connectivity index (χ4n) is 7.84. The second-order valence-corrected chi connectivity index (χ2v) is 18.5. The first-order valence-electron chi connectivity index (χ1n) is 27.6. The number of ether oxygens (including phenoxy) is 3. The number of unbranched alkanes of at least 4 members (excludes halogenated alkanes) is 31. The normalized spacial score (nSPS) is 12.4. The zero-order valence-electron chi connectivity index (χ0n) is 42.6. The Kier molecular flexibility index (Phi) is 50.8. The highest BCUT2D eigenvalue weighted by Gasteiger charge is 2.19. The predicted octanol–water partition coefficient (Wildman–Crippen LogP) is 18.3. The van der Waals surface area contributed by atoms with Gasteiger partial charge >= 0.3 is 17.9 Å². The number of hydrogen-bond acceptors (Lipinski definition) is 6. The van der Waals surface area contributed by atoms with Gasteiger partial charge in [-0.2, -0.15) is 0 Å². The van der Waals surface area contributed by atoms with Crippen LogP contribution in [0.5, 0.6) is 0 Å². The molecule has 0 aliphatic rings. The van der Waals surface area contributed by atoms with Crippen LogP contribution in [-0.4, -0.2) is 37.2 Å². The third-order valence-corrected chi connectivity index (χ3v) is 12.1. The minimum atomic E-state index is -0.781. The summed E-state index contributed by atoms with van der Waals surface area (Å²) < 4.78 is 16.8. The third kappa shape index (κ3) is 50.4. The molecule has 0 amide bonds. The summed E-state index contributed by atoms with van der Waals surface area (Å²) in [5.74, 6) is -0.890. The monoisotopic (exact) mass is 897 g/mol. The first-order valence-corrected chi connectivity index (χ1v) is 27.6. The summed E-state index contributed by atoms with van der Waals surface area (Å²) in [5.41, 5.74) is 0. The van der Waals surface area contributed by atoms with Gasteiger partial charge in [-0.15, -0.1) is 0 Å². The smallest absolute Gasteiger partial charge is 0.306 e. The number of carbonyl (C=O) groups excluding carboxylic acids is 3. The molecule has 372 valence electrons. The van der Waals surface area contributed by atoms with Gasteiger partial charge in [-0.3, -0.25) is 14.4 Å². The van der Waals surface area contributed by atoms with Gasteiger partial charge in [-0.05, 0) is 77.0 Å². The predicted molar refractivity (Wildman–Crippen MR) is 275 cm³/mol. The zero-order chi connectivity index (χ0) is 46.5. The molecule has 0 aromatic rings. The highest BCUT2D eigenvalue weighted by Crippen LogP contribution is 2.15. The van der Waals surface area contributed by atoms with Crippen LogP contribution in [0.25, 0.3) is 0 Å². The molecule has 6 heteroatoms. The van der Waals surface area contributed by atoms with Crippen LogP contribution < -0.4 is 0 Å². The molecule has 64 heavy (non-hydrogen) atoms. The van der Waals surface area contributed by atoms with Gasteiger partial charge in [-0.1, -0.05) is 236 Å². The van der Waals surface area contributed by atoms with Crippen molar-refractivity contribution in [3.05, 3.63) is 48.6 Å². The van der Waals surface area contributed by atoms with Crippen LogP contribution in [0.3, 0.4) is 0 Å². The molecule has 0 spiro atoms. The molecule has 0 saturated carbocycles. The minimum Gasteiger partial charge on any atom is -0.462 e. The van der Waals surface area contributed by atoms with E-state index in [1.165, 1.54) is 148 Å². The van der Waals surface area contributed by atoms with Gasteiger partial charge in [0.1, 0.15) is 13.2 Å². The van der Waals surface area contributed by atoms with Gasteiger partial charge in [0.05, 0.1) is 0 Å². The molecule has 0 aromatic heterocycles. The Labute approximate surface area is 397 Å². The van der Waals surface area contributed by atoms with E-state index in [4.69, 9.17) is 14.2 Å². The van der Waals surface area contributed by atoms with E-state index in [0.29, 0.717) is 19.3 Å². The van der Waals surface area contributed by atoms with E-state index in [2.05, 4.69) is 69.4 Å². The van der Waals surface area contributed by atoms with Crippen LogP contribution >= 0.6 is 0 Å². The SMILES string of the molecule is CCCC/C=C\C/C=C\CCCCCCCC(=O)OC(COC(=O)CCCCCCCCC/C=C\C/C=C\CCCCCC)COC(=O)CCCCCCCCCCCCCCCC. The maximum absolute atomic E-state index is 12.8. The molecule has 0 saturated heterocycles. The summed E-state index contributed by atoms with van der Waals surface area (Å²) in [4.78, 5) is 38.1. The quantitative estimate of drug-likeness (QED) is 0.0262. The Morgan fingerprint density at radius 2 is 0.578 bits per heavy atom. The van der Waals surface area contributed by atoms with E-state index in [1.807, 2.05) is 0 Å². The largest absolute Gasteiger partial charge is 0.462 e. The molecular formula is C58H104O6. The first kappa shape index (κ1) is 61.4. The lowest BCUT2D eigenvalue weighted by molar-refractivity contribution is -0.167. The van der Waals surface area contributed by atoms with Crippen molar-refractivity contribution in [1.29, 1.82) is 0 Å². The van der Waals surface area contributed by atoms with Crippen molar-refractivity contribution >= 4 is 17.9 Å². The van der Waals surface area contributed by atoms with Crippen LogP contribution in [-0.2, 0) is 28.6 Å². The molecule has 0 N–H and O–H groups in total. The van der Waals surface area contributed by atoms with Crippen molar-refractivity contribution < 1.29 is 28.6 Å². The van der Waals surface area contributed by atoms with Gasteiger partial charge in [0, 0.05) is 19.3 Å². The Hall–Kier alpha value is -2.63. The average Bonchev–Trinajstić information content (AvgIpc) is 3.29. The molecule has 1 atom stereocenters. The van der Waals surface area contributed by atoms with Crippen molar-refractivity contribution in [3.8, 4) is 0 Å². The Bertz CT molecular complexity index is 1120. The molecule has 0 fully saturated rings. The summed E-state index contributed by atoms with van der Waals surface area (Å²) in [6.45, 7) is 6.59. The van der Waals surface area contributed by atoms with E-state index < -0.39 is 6.10 Å². The van der Waals surface area contributed by atoms with Gasteiger partial charge in [-0.25, -0.2) is 0 Å². The molecule has 0 radical (unpaired) electrons. The second kappa shape index (κ2) is 53.0. The average molecular weight is 897 g/mol. The highest BCUT2D eigenvalue weighted by atomic mass is 16.6. The van der Waals surface area contributed by atoms with E-state index in [0.717, 1.165) is 96.3 Å². The molecule has 0 rings (SSSR count). The Balaban J connectivity index is 4.37. The number of rotatable bonds is 50. The molecule has 0 bridgehead atoms. The van der Waals surface area contributed by atoms with Crippen LogP contribution in [0, 0.1) is 0 Å². The van der Waals surface area contributed by atoms with Crippen LogP contribution in [0.1, 0.15) is 284 Å². The molecule has 0 aliphatic heterocycles. The van der Waals surface area contributed by atoms with Gasteiger partial charge < -0.3 is 14.2 Å². The van der Waals surface area contributed by atoms with Crippen molar-refractivity contribution in [3.63, 3.8) is 0 Å². The lowest BCUT2D eigenvalue weighted by Crippen LogP contribution is -2.30.